The first kappa shape index (κ1) is 14.0. The maximum absolute atomic E-state index is 9.49. The standard InChI is InChI=1S/C18H22N2O/c21-18-8-4-5-16(15-18)9-10-19-11-13-20(14-12-19)17-6-2-1-3-7-17/h1-8,15,21H,9-14H2. The van der Waals surface area contributed by atoms with E-state index >= 15 is 0 Å². The number of benzene rings is 2. The molecule has 1 saturated heterocycles. The quantitative estimate of drug-likeness (QED) is 0.934. The van der Waals surface area contributed by atoms with E-state index in [-0.39, 0.29) is 0 Å². The number of phenols is 1. The summed E-state index contributed by atoms with van der Waals surface area (Å²) in [6, 6.07) is 18.2. The number of hydrogen-bond acceptors (Lipinski definition) is 3. The fourth-order valence-corrected chi connectivity index (χ4v) is 2.87. The van der Waals surface area contributed by atoms with Crippen LogP contribution in [0.25, 0.3) is 0 Å². The molecule has 1 aliphatic heterocycles. The van der Waals surface area contributed by atoms with Crippen LogP contribution in [0.5, 0.6) is 5.75 Å². The minimum atomic E-state index is 0.362. The number of phenolic OH excluding ortho intramolecular Hbond substituents is 1. The molecule has 0 unspecified atom stereocenters. The van der Waals surface area contributed by atoms with Crippen LogP contribution in [0.2, 0.25) is 0 Å². The molecule has 3 nitrogen and oxygen atoms in total. The lowest BCUT2D eigenvalue weighted by atomic mass is 10.1. The fourth-order valence-electron chi connectivity index (χ4n) is 2.87. The van der Waals surface area contributed by atoms with Crippen LogP contribution in [-0.2, 0) is 6.42 Å². The van der Waals surface area contributed by atoms with Gasteiger partial charge >= 0.3 is 0 Å². The summed E-state index contributed by atoms with van der Waals surface area (Å²) in [7, 11) is 0. The molecular weight excluding hydrogens is 260 g/mol. The van der Waals surface area contributed by atoms with E-state index in [4.69, 9.17) is 0 Å². The van der Waals surface area contributed by atoms with Crippen LogP contribution >= 0.6 is 0 Å². The third-order valence-corrected chi connectivity index (χ3v) is 4.12. The SMILES string of the molecule is Oc1cccc(CCN2CCN(c3ccccc3)CC2)c1. The van der Waals surface area contributed by atoms with Gasteiger partial charge in [0.25, 0.3) is 0 Å². The maximum atomic E-state index is 9.49. The Kier molecular flexibility index (Phi) is 4.41. The smallest absolute Gasteiger partial charge is 0.115 e. The Morgan fingerprint density at radius 1 is 0.857 bits per heavy atom. The van der Waals surface area contributed by atoms with Gasteiger partial charge in [-0.2, -0.15) is 0 Å². The van der Waals surface area contributed by atoms with Crippen molar-refractivity contribution in [3.63, 3.8) is 0 Å². The van der Waals surface area contributed by atoms with Gasteiger partial charge in [-0.25, -0.2) is 0 Å². The second-order valence-corrected chi connectivity index (χ2v) is 5.58. The first-order valence-corrected chi connectivity index (χ1v) is 7.61. The highest BCUT2D eigenvalue weighted by atomic mass is 16.3. The maximum Gasteiger partial charge on any atom is 0.115 e. The highest BCUT2D eigenvalue weighted by Gasteiger charge is 2.16. The van der Waals surface area contributed by atoms with Gasteiger partial charge in [-0.05, 0) is 36.2 Å². The summed E-state index contributed by atoms with van der Waals surface area (Å²) in [5.41, 5.74) is 2.53. The predicted molar refractivity (Wildman–Crippen MR) is 86.9 cm³/mol. The normalized spacial score (nSPS) is 16.1. The molecule has 0 aromatic heterocycles. The van der Waals surface area contributed by atoms with Gasteiger partial charge < -0.3 is 10.0 Å². The van der Waals surface area contributed by atoms with E-state index in [1.165, 1.54) is 11.3 Å². The van der Waals surface area contributed by atoms with E-state index in [0.29, 0.717) is 5.75 Å². The van der Waals surface area contributed by atoms with Crippen LogP contribution in [0.1, 0.15) is 5.56 Å². The van der Waals surface area contributed by atoms with Gasteiger partial charge in [0.2, 0.25) is 0 Å². The third-order valence-electron chi connectivity index (χ3n) is 4.12. The molecule has 3 heteroatoms. The molecule has 0 saturated carbocycles. The summed E-state index contributed by atoms with van der Waals surface area (Å²) in [6.07, 6.45) is 1.000. The predicted octanol–water partition coefficient (Wildman–Crippen LogP) is 2.76. The average molecular weight is 282 g/mol. The molecule has 0 spiro atoms. The van der Waals surface area contributed by atoms with Crippen molar-refractivity contribution in [3.05, 3.63) is 60.2 Å². The molecule has 0 bridgehead atoms. The van der Waals surface area contributed by atoms with Crippen molar-refractivity contribution in [3.8, 4) is 5.75 Å². The number of piperazine rings is 1. The zero-order chi connectivity index (χ0) is 14.5. The van der Waals surface area contributed by atoms with E-state index in [9.17, 15) is 5.11 Å². The third kappa shape index (κ3) is 3.76. The van der Waals surface area contributed by atoms with E-state index in [2.05, 4.69) is 46.2 Å². The monoisotopic (exact) mass is 282 g/mol. The van der Waals surface area contributed by atoms with Crippen molar-refractivity contribution < 1.29 is 5.11 Å². The number of nitrogens with zero attached hydrogens (tertiary/aromatic N) is 2. The van der Waals surface area contributed by atoms with Gasteiger partial charge in [0.05, 0.1) is 0 Å². The lowest BCUT2D eigenvalue weighted by Gasteiger charge is -2.36. The van der Waals surface area contributed by atoms with Gasteiger partial charge in [0.15, 0.2) is 0 Å². The summed E-state index contributed by atoms with van der Waals surface area (Å²) in [5, 5.41) is 9.49. The molecule has 0 amide bonds. The Labute approximate surface area is 126 Å². The van der Waals surface area contributed by atoms with Crippen LogP contribution in [0.3, 0.4) is 0 Å². The molecule has 1 N–H and O–H groups in total. The van der Waals surface area contributed by atoms with Crippen molar-refractivity contribution in [1.82, 2.24) is 4.90 Å². The molecule has 3 rings (SSSR count). The van der Waals surface area contributed by atoms with Crippen molar-refractivity contribution in [1.29, 1.82) is 0 Å². The topological polar surface area (TPSA) is 26.7 Å². The van der Waals surface area contributed by atoms with Crippen molar-refractivity contribution in [2.24, 2.45) is 0 Å². The van der Waals surface area contributed by atoms with E-state index < -0.39 is 0 Å². The summed E-state index contributed by atoms with van der Waals surface area (Å²) < 4.78 is 0. The molecule has 110 valence electrons. The van der Waals surface area contributed by atoms with Crippen LogP contribution < -0.4 is 4.90 Å². The molecule has 0 aliphatic carbocycles. The lowest BCUT2D eigenvalue weighted by Crippen LogP contribution is -2.46. The van der Waals surface area contributed by atoms with E-state index in [0.717, 1.165) is 39.1 Å². The molecule has 21 heavy (non-hydrogen) atoms. The van der Waals surface area contributed by atoms with Crippen molar-refractivity contribution >= 4 is 5.69 Å². The first-order valence-electron chi connectivity index (χ1n) is 7.61. The fraction of sp³-hybridized carbons (Fsp3) is 0.333. The van der Waals surface area contributed by atoms with Gasteiger partial charge in [-0.3, -0.25) is 4.90 Å². The number of anilines is 1. The van der Waals surface area contributed by atoms with Gasteiger partial charge in [0, 0.05) is 38.4 Å². The number of rotatable bonds is 4. The Morgan fingerprint density at radius 3 is 2.33 bits per heavy atom. The Morgan fingerprint density at radius 2 is 1.62 bits per heavy atom. The number of para-hydroxylation sites is 1. The Bertz CT molecular complexity index is 562. The molecule has 0 radical (unpaired) electrons. The van der Waals surface area contributed by atoms with Gasteiger partial charge in [0.1, 0.15) is 5.75 Å². The number of hydrogen-bond donors (Lipinski definition) is 1. The molecule has 0 atom stereocenters. The summed E-state index contributed by atoms with van der Waals surface area (Å²) >= 11 is 0. The molecule has 2 aromatic carbocycles. The van der Waals surface area contributed by atoms with E-state index in [1.807, 2.05) is 12.1 Å². The van der Waals surface area contributed by atoms with Gasteiger partial charge in [-0.1, -0.05) is 30.3 Å². The summed E-state index contributed by atoms with van der Waals surface area (Å²) in [4.78, 5) is 4.95. The average Bonchev–Trinajstić information content (AvgIpc) is 2.54. The molecular formula is C18H22N2O. The Hall–Kier alpha value is -2.00. The number of aromatic hydroxyl groups is 1. The Balaban J connectivity index is 1.48. The van der Waals surface area contributed by atoms with Crippen LogP contribution in [-0.4, -0.2) is 42.7 Å². The van der Waals surface area contributed by atoms with Crippen LogP contribution in [0, 0.1) is 0 Å². The second kappa shape index (κ2) is 6.64. The first-order chi connectivity index (χ1) is 10.3. The minimum absolute atomic E-state index is 0.362. The second-order valence-electron chi connectivity index (χ2n) is 5.58. The highest BCUT2D eigenvalue weighted by Crippen LogP contribution is 2.16. The zero-order valence-electron chi connectivity index (χ0n) is 12.3. The minimum Gasteiger partial charge on any atom is -0.508 e. The molecule has 2 aromatic rings. The summed E-state index contributed by atoms with van der Waals surface area (Å²) in [5.74, 6) is 0.362. The zero-order valence-corrected chi connectivity index (χ0v) is 12.3. The summed E-state index contributed by atoms with van der Waals surface area (Å²) in [6.45, 7) is 5.45. The lowest BCUT2D eigenvalue weighted by molar-refractivity contribution is 0.261. The molecule has 1 aliphatic rings. The van der Waals surface area contributed by atoms with Gasteiger partial charge in [-0.15, -0.1) is 0 Å². The van der Waals surface area contributed by atoms with Crippen molar-refractivity contribution in [2.45, 2.75) is 6.42 Å². The molecule has 1 heterocycles. The van der Waals surface area contributed by atoms with Crippen LogP contribution in [0.15, 0.2) is 54.6 Å². The van der Waals surface area contributed by atoms with Crippen LogP contribution in [0.4, 0.5) is 5.69 Å². The van der Waals surface area contributed by atoms with Crippen molar-refractivity contribution in [2.75, 3.05) is 37.6 Å². The molecule has 1 fully saturated rings. The largest absolute Gasteiger partial charge is 0.508 e. The van der Waals surface area contributed by atoms with E-state index in [1.54, 1.807) is 6.07 Å². The highest BCUT2D eigenvalue weighted by molar-refractivity contribution is 5.46.